The molecular weight excluding hydrogens is 174 g/mol. The molecule has 72 valence electrons. The highest BCUT2D eigenvalue weighted by Gasteiger charge is 2.15. The largest absolute Gasteiger partial charge is 0.316 e. The molecule has 2 rings (SSSR count). The van der Waals surface area contributed by atoms with E-state index in [-0.39, 0.29) is 0 Å². The lowest BCUT2D eigenvalue weighted by Gasteiger charge is -2.21. The van der Waals surface area contributed by atoms with Crippen molar-refractivity contribution in [1.29, 1.82) is 5.26 Å². The van der Waals surface area contributed by atoms with Crippen molar-refractivity contribution in [2.75, 3.05) is 13.1 Å². The zero-order valence-electron chi connectivity index (χ0n) is 8.03. The second-order valence-electron chi connectivity index (χ2n) is 3.63. The predicted octanol–water partition coefficient (Wildman–Crippen LogP) is 1.42. The summed E-state index contributed by atoms with van der Waals surface area (Å²) in [6.07, 6.45) is 4.07. The van der Waals surface area contributed by atoms with Crippen LogP contribution in [0.2, 0.25) is 0 Å². The van der Waals surface area contributed by atoms with Crippen molar-refractivity contribution < 1.29 is 0 Å². The summed E-state index contributed by atoms with van der Waals surface area (Å²) >= 11 is 0. The Morgan fingerprint density at radius 1 is 1.50 bits per heavy atom. The quantitative estimate of drug-likeness (QED) is 0.723. The number of piperidine rings is 1. The topological polar surface area (TPSA) is 48.7 Å². The Labute approximate surface area is 83.8 Å². The smallest absolute Gasteiger partial charge is 0.101 e. The van der Waals surface area contributed by atoms with Crippen molar-refractivity contribution in [3.05, 3.63) is 29.6 Å². The minimum Gasteiger partial charge on any atom is -0.316 e. The molecule has 3 heteroatoms. The van der Waals surface area contributed by atoms with Crippen LogP contribution in [-0.4, -0.2) is 18.1 Å². The Kier molecular flexibility index (Phi) is 2.76. The van der Waals surface area contributed by atoms with E-state index in [1.807, 2.05) is 12.1 Å². The van der Waals surface area contributed by atoms with E-state index < -0.39 is 0 Å². The fourth-order valence-corrected chi connectivity index (χ4v) is 1.82. The maximum absolute atomic E-state index is 8.64. The maximum atomic E-state index is 8.64. The monoisotopic (exact) mass is 187 g/mol. The van der Waals surface area contributed by atoms with Gasteiger partial charge in [-0.3, -0.25) is 4.98 Å². The van der Waals surface area contributed by atoms with Gasteiger partial charge in [0.25, 0.3) is 0 Å². The van der Waals surface area contributed by atoms with E-state index in [0.29, 0.717) is 11.5 Å². The molecule has 1 fully saturated rings. The van der Waals surface area contributed by atoms with Gasteiger partial charge in [0, 0.05) is 24.4 Å². The molecule has 0 amide bonds. The summed E-state index contributed by atoms with van der Waals surface area (Å²) in [5.74, 6) is 0.525. The lowest BCUT2D eigenvalue weighted by Crippen LogP contribution is -2.28. The Balaban J connectivity index is 2.12. The van der Waals surface area contributed by atoms with Crippen LogP contribution in [-0.2, 0) is 0 Å². The Hall–Kier alpha value is -1.40. The molecule has 3 nitrogen and oxygen atoms in total. The summed E-state index contributed by atoms with van der Waals surface area (Å²) < 4.78 is 0. The number of rotatable bonds is 1. The van der Waals surface area contributed by atoms with Gasteiger partial charge in [0.2, 0.25) is 0 Å². The third kappa shape index (κ3) is 1.91. The second-order valence-corrected chi connectivity index (χ2v) is 3.63. The third-order valence-corrected chi connectivity index (χ3v) is 2.63. The summed E-state index contributed by atoms with van der Waals surface area (Å²) in [4.78, 5) is 4.31. The van der Waals surface area contributed by atoms with Gasteiger partial charge in [0.1, 0.15) is 6.07 Å². The molecular formula is C11H13N3. The van der Waals surface area contributed by atoms with Gasteiger partial charge in [0.05, 0.1) is 5.56 Å². The zero-order chi connectivity index (χ0) is 9.80. The van der Waals surface area contributed by atoms with E-state index >= 15 is 0 Å². The van der Waals surface area contributed by atoms with Crippen LogP contribution in [0, 0.1) is 11.3 Å². The number of hydrogen-bond donors (Lipinski definition) is 1. The van der Waals surface area contributed by atoms with Crippen LogP contribution in [0.1, 0.15) is 30.0 Å². The van der Waals surface area contributed by atoms with Crippen LogP contribution < -0.4 is 5.32 Å². The minimum atomic E-state index is 0.525. The highest BCUT2D eigenvalue weighted by atomic mass is 14.9. The van der Waals surface area contributed by atoms with Gasteiger partial charge >= 0.3 is 0 Å². The van der Waals surface area contributed by atoms with Gasteiger partial charge in [-0.15, -0.1) is 0 Å². The molecule has 1 N–H and O–H groups in total. The molecule has 2 heterocycles. The molecule has 1 aliphatic heterocycles. The van der Waals surface area contributed by atoms with E-state index in [1.165, 1.54) is 12.8 Å². The molecule has 1 atom stereocenters. The average molecular weight is 187 g/mol. The molecule has 1 unspecified atom stereocenters. The van der Waals surface area contributed by atoms with E-state index in [4.69, 9.17) is 5.26 Å². The fourth-order valence-electron chi connectivity index (χ4n) is 1.82. The Bertz CT molecular complexity index is 331. The average Bonchev–Trinajstić information content (AvgIpc) is 2.30. The lowest BCUT2D eigenvalue weighted by atomic mass is 9.95. The molecule has 0 aromatic carbocycles. The molecule has 0 saturated carbocycles. The molecule has 0 radical (unpaired) electrons. The van der Waals surface area contributed by atoms with Crippen LogP contribution in [0.3, 0.4) is 0 Å². The zero-order valence-corrected chi connectivity index (χ0v) is 8.03. The highest BCUT2D eigenvalue weighted by molar-refractivity contribution is 5.27. The van der Waals surface area contributed by atoms with Crippen molar-refractivity contribution in [3.8, 4) is 6.07 Å². The van der Waals surface area contributed by atoms with Crippen molar-refractivity contribution in [2.24, 2.45) is 0 Å². The fraction of sp³-hybridized carbons (Fsp3) is 0.455. The predicted molar refractivity (Wildman–Crippen MR) is 53.8 cm³/mol. The molecule has 14 heavy (non-hydrogen) atoms. The van der Waals surface area contributed by atoms with E-state index in [0.717, 1.165) is 18.8 Å². The number of aromatic nitrogens is 1. The van der Waals surface area contributed by atoms with Crippen LogP contribution in [0.5, 0.6) is 0 Å². The van der Waals surface area contributed by atoms with E-state index in [2.05, 4.69) is 16.4 Å². The Morgan fingerprint density at radius 2 is 2.43 bits per heavy atom. The summed E-state index contributed by atoms with van der Waals surface area (Å²) in [7, 11) is 0. The van der Waals surface area contributed by atoms with Crippen LogP contribution in [0.15, 0.2) is 18.3 Å². The van der Waals surface area contributed by atoms with Crippen molar-refractivity contribution in [2.45, 2.75) is 18.8 Å². The van der Waals surface area contributed by atoms with Gasteiger partial charge in [-0.1, -0.05) is 0 Å². The molecule has 1 aromatic heterocycles. The Morgan fingerprint density at radius 3 is 3.00 bits per heavy atom. The first-order valence-corrected chi connectivity index (χ1v) is 4.97. The van der Waals surface area contributed by atoms with E-state index in [9.17, 15) is 0 Å². The van der Waals surface area contributed by atoms with Gasteiger partial charge in [0.15, 0.2) is 0 Å². The first-order chi connectivity index (χ1) is 6.90. The minimum absolute atomic E-state index is 0.525. The van der Waals surface area contributed by atoms with Gasteiger partial charge in [-0.25, -0.2) is 0 Å². The summed E-state index contributed by atoms with van der Waals surface area (Å²) in [5, 5.41) is 12.0. The van der Waals surface area contributed by atoms with Crippen molar-refractivity contribution in [1.82, 2.24) is 10.3 Å². The summed E-state index contributed by atoms with van der Waals surface area (Å²) in [6, 6.07) is 5.89. The molecule has 0 spiro atoms. The van der Waals surface area contributed by atoms with Gasteiger partial charge in [-0.05, 0) is 31.5 Å². The van der Waals surface area contributed by atoms with Crippen LogP contribution >= 0.6 is 0 Å². The van der Waals surface area contributed by atoms with Gasteiger partial charge < -0.3 is 5.32 Å². The number of hydrogen-bond acceptors (Lipinski definition) is 3. The number of nitriles is 1. The van der Waals surface area contributed by atoms with Gasteiger partial charge in [-0.2, -0.15) is 5.26 Å². The second kappa shape index (κ2) is 4.21. The number of nitrogens with one attached hydrogen (secondary N) is 1. The summed E-state index contributed by atoms with van der Waals surface area (Å²) in [5.41, 5.74) is 1.74. The summed E-state index contributed by atoms with van der Waals surface area (Å²) in [6.45, 7) is 2.13. The molecule has 1 saturated heterocycles. The third-order valence-electron chi connectivity index (χ3n) is 2.63. The molecule has 1 aromatic rings. The highest BCUT2D eigenvalue weighted by Crippen LogP contribution is 2.20. The van der Waals surface area contributed by atoms with Crippen LogP contribution in [0.4, 0.5) is 0 Å². The lowest BCUT2D eigenvalue weighted by molar-refractivity contribution is 0.454. The number of pyridine rings is 1. The molecule has 0 bridgehead atoms. The maximum Gasteiger partial charge on any atom is 0.101 e. The van der Waals surface area contributed by atoms with Crippen LogP contribution in [0.25, 0.3) is 0 Å². The number of nitrogens with zero attached hydrogens (tertiary/aromatic N) is 2. The molecule has 0 aliphatic carbocycles. The standard InChI is InChI=1S/C11H13N3/c12-6-9-3-4-11(14-7-9)10-2-1-5-13-8-10/h3-4,7,10,13H,1-2,5,8H2. The normalized spacial score (nSPS) is 21.5. The van der Waals surface area contributed by atoms with E-state index in [1.54, 1.807) is 6.20 Å². The SMILES string of the molecule is N#Cc1ccc(C2CCCNC2)nc1. The first kappa shape index (κ1) is 9.17. The molecule has 1 aliphatic rings. The first-order valence-electron chi connectivity index (χ1n) is 4.97. The van der Waals surface area contributed by atoms with Crippen molar-refractivity contribution >= 4 is 0 Å². The van der Waals surface area contributed by atoms with Crippen molar-refractivity contribution in [3.63, 3.8) is 0 Å².